The summed E-state index contributed by atoms with van der Waals surface area (Å²) in [5.41, 5.74) is 1.37. The summed E-state index contributed by atoms with van der Waals surface area (Å²) >= 11 is 3.64. The van der Waals surface area contributed by atoms with Crippen molar-refractivity contribution >= 4 is 39.4 Å². The van der Waals surface area contributed by atoms with Crippen LogP contribution in [0.15, 0.2) is 43.5 Å². The number of esters is 1. The number of para-hydroxylation sites is 1. The number of anilines is 1. The maximum absolute atomic E-state index is 14.4. The van der Waals surface area contributed by atoms with E-state index in [1.165, 1.54) is 4.90 Å². The van der Waals surface area contributed by atoms with E-state index in [1.807, 2.05) is 32.0 Å². The van der Waals surface area contributed by atoms with E-state index in [2.05, 4.69) is 29.1 Å². The molecule has 1 aromatic rings. The van der Waals surface area contributed by atoms with Gasteiger partial charge in [0.15, 0.2) is 0 Å². The van der Waals surface area contributed by atoms with Crippen LogP contribution in [0.25, 0.3) is 0 Å². The zero-order valence-corrected chi connectivity index (χ0v) is 22.3. The highest BCUT2D eigenvalue weighted by atomic mass is 79.9. The third kappa shape index (κ3) is 4.11. The lowest BCUT2D eigenvalue weighted by Crippen LogP contribution is -2.57. The Balaban J connectivity index is 1.77. The number of likely N-dealkylation sites (tertiary alicyclic amines) is 1. The first-order valence-corrected chi connectivity index (χ1v) is 13.1. The molecule has 9 heteroatoms. The van der Waals surface area contributed by atoms with Crippen LogP contribution in [0.2, 0.25) is 0 Å². The molecule has 6 atom stereocenters. The van der Waals surface area contributed by atoms with Gasteiger partial charge in [0.2, 0.25) is 5.91 Å². The van der Waals surface area contributed by atoms with E-state index in [4.69, 9.17) is 9.47 Å². The molecule has 0 saturated carbocycles. The molecule has 3 unspecified atom stereocenters. The number of hydrogen-bond acceptors (Lipinski definition) is 6. The van der Waals surface area contributed by atoms with Crippen molar-refractivity contribution in [3.8, 4) is 0 Å². The summed E-state index contributed by atoms with van der Waals surface area (Å²) in [7, 11) is 0. The molecule has 4 rings (SSSR count). The fourth-order valence-electron chi connectivity index (χ4n) is 6.17. The van der Waals surface area contributed by atoms with E-state index < -0.39 is 35.6 Å². The predicted molar refractivity (Wildman–Crippen MR) is 139 cm³/mol. The van der Waals surface area contributed by atoms with Crippen LogP contribution in [0.3, 0.4) is 0 Å². The van der Waals surface area contributed by atoms with Crippen molar-refractivity contribution < 1.29 is 29.0 Å². The summed E-state index contributed by atoms with van der Waals surface area (Å²) in [6.45, 7) is 11.4. The molecule has 3 aliphatic rings. The molecule has 3 saturated heterocycles. The van der Waals surface area contributed by atoms with Crippen molar-refractivity contribution in [2.75, 3.05) is 31.2 Å². The molecule has 2 bridgehead atoms. The van der Waals surface area contributed by atoms with Gasteiger partial charge in [-0.15, -0.1) is 13.2 Å². The van der Waals surface area contributed by atoms with Crippen molar-refractivity contribution in [2.24, 2.45) is 11.8 Å². The maximum Gasteiger partial charge on any atom is 0.312 e. The van der Waals surface area contributed by atoms with E-state index >= 15 is 0 Å². The smallest absolute Gasteiger partial charge is 0.312 e. The molecule has 0 aromatic heterocycles. The lowest BCUT2D eigenvalue weighted by molar-refractivity contribution is -0.154. The number of benzene rings is 1. The van der Waals surface area contributed by atoms with E-state index in [0.29, 0.717) is 12.8 Å². The number of β-amino-alcohol motifs (C(OH)–C–C–N with tert-alkyl or cyclic N) is 1. The van der Waals surface area contributed by atoms with Gasteiger partial charge in [0.1, 0.15) is 11.6 Å². The number of amides is 2. The fraction of sp³-hybridized carbons (Fsp3) is 0.519. The number of rotatable bonds is 10. The highest BCUT2D eigenvalue weighted by Gasteiger charge is 2.77. The maximum atomic E-state index is 14.4. The Morgan fingerprint density at radius 3 is 2.61 bits per heavy atom. The van der Waals surface area contributed by atoms with Crippen LogP contribution >= 0.6 is 15.9 Å². The van der Waals surface area contributed by atoms with Gasteiger partial charge >= 0.3 is 5.97 Å². The van der Waals surface area contributed by atoms with Gasteiger partial charge in [-0.3, -0.25) is 14.4 Å². The molecule has 194 valence electrons. The van der Waals surface area contributed by atoms with Crippen LogP contribution in [0, 0.1) is 25.7 Å². The second-order valence-electron chi connectivity index (χ2n) is 9.64. The lowest BCUT2D eigenvalue weighted by atomic mass is 9.70. The standard InChI is InChI=1S/C27H33BrN2O6/c1-5-7-14-35-26(34)19-20-24(32)30(12-13-31)23(27(20)15-18(28)22(19)36-27)25(33)29(11-6-2)21-16(3)9-8-10-17(21)4/h5-6,8-10,18-20,22-23,31H,1-2,7,11-15H2,3-4H3/t18?,19-,20-,22-,23?,27?/m0/s1. The highest BCUT2D eigenvalue weighted by molar-refractivity contribution is 9.09. The second-order valence-corrected chi connectivity index (χ2v) is 10.8. The van der Waals surface area contributed by atoms with Gasteiger partial charge in [0.05, 0.1) is 31.2 Å². The molecule has 1 N–H and O–H groups in total. The number of hydrogen-bond donors (Lipinski definition) is 1. The summed E-state index contributed by atoms with van der Waals surface area (Å²) in [4.78, 5) is 44.1. The average molecular weight is 561 g/mol. The summed E-state index contributed by atoms with van der Waals surface area (Å²) in [5.74, 6) is -2.90. The van der Waals surface area contributed by atoms with Crippen molar-refractivity contribution in [1.29, 1.82) is 0 Å². The average Bonchev–Trinajstić information content (AvgIpc) is 3.42. The molecule has 1 aromatic carbocycles. The Kier molecular flexibility index (Phi) is 7.73. The number of aliphatic hydroxyl groups is 1. The third-order valence-electron chi connectivity index (χ3n) is 7.49. The van der Waals surface area contributed by atoms with Gasteiger partial charge in [-0.1, -0.05) is 46.3 Å². The van der Waals surface area contributed by atoms with E-state index in [0.717, 1.165) is 16.8 Å². The molecule has 3 aliphatic heterocycles. The van der Waals surface area contributed by atoms with Crippen molar-refractivity contribution in [3.05, 3.63) is 54.6 Å². The molecule has 1 spiro atoms. The van der Waals surface area contributed by atoms with Gasteiger partial charge < -0.3 is 24.4 Å². The predicted octanol–water partition coefficient (Wildman–Crippen LogP) is 2.68. The fourth-order valence-corrected chi connectivity index (χ4v) is 7.11. The Labute approximate surface area is 220 Å². The summed E-state index contributed by atoms with van der Waals surface area (Å²) in [6.07, 6.45) is 3.59. The van der Waals surface area contributed by atoms with E-state index in [9.17, 15) is 19.5 Å². The van der Waals surface area contributed by atoms with Crippen LogP contribution in [0.1, 0.15) is 24.0 Å². The van der Waals surface area contributed by atoms with E-state index in [1.54, 1.807) is 17.1 Å². The largest absolute Gasteiger partial charge is 0.465 e. The number of ether oxygens (including phenoxy) is 2. The summed E-state index contributed by atoms with van der Waals surface area (Å²) in [6, 6.07) is 4.78. The Hall–Kier alpha value is -2.49. The number of fused-ring (bicyclic) bond motifs is 1. The minimum atomic E-state index is -1.21. The molecular formula is C27H33BrN2O6. The number of carbonyl (C=O) groups is 3. The van der Waals surface area contributed by atoms with Crippen LogP contribution in [0.4, 0.5) is 5.69 Å². The first-order valence-electron chi connectivity index (χ1n) is 12.2. The summed E-state index contributed by atoms with van der Waals surface area (Å²) < 4.78 is 11.9. The summed E-state index contributed by atoms with van der Waals surface area (Å²) in [5, 5.41) is 9.81. The number of alkyl halides is 1. The zero-order valence-electron chi connectivity index (χ0n) is 20.7. The molecule has 36 heavy (non-hydrogen) atoms. The minimum Gasteiger partial charge on any atom is -0.465 e. The molecule has 0 radical (unpaired) electrons. The quantitative estimate of drug-likeness (QED) is 0.204. The van der Waals surface area contributed by atoms with Crippen LogP contribution < -0.4 is 4.90 Å². The molecule has 3 fully saturated rings. The van der Waals surface area contributed by atoms with Crippen LogP contribution in [-0.2, 0) is 23.9 Å². The monoisotopic (exact) mass is 560 g/mol. The SMILES string of the molecule is C=CCCOC(=O)[C@H]1[C@H]2C(=O)N(CCO)C(C(=O)N(CC=C)c3c(C)cccc3C)C23CC(Br)[C@@H]1O3. The van der Waals surface area contributed by atoms with Gasteiger partial charge in [0, 0.05) is 23.6 Å². The van der Waals surface area contributed by atoms with Crippen LogP contribution in [-0.4, -0.2) is 76.7 Å². The Morgan fingerprint density at radius 2 is 2.00 bits per heavy atom. The first-order chi connectivity index (χ1) is 17.2. The van der Waals surface area contributed by atoms with Crippen molar-refractivity contribution in [3.63, 3.8) is 0 Å². The molecular weight excluding hydrogens is 528 g/mol. The minimum absolute atomic E-state index is 0.0403. The van der Waals surface area contributed by atoms with E-state index in [-0.39, 0.29) is 42.9 Å². The third-order valence-corrected chi connectivity index (χ3v) is 8.33. The first kappa shape index (κ1) is 26.6. The van der Waals surface area contributed by atoms with Crippen molar-refractivity contribution in [2.45, 2.75) is 49.3 Å². The Morgan fingerprint density at radius 1 is 1.31 bits per heavy atom. The molecule has 2 amide bonds. The number of halogens is 1. The number of aliphatic hydroxyl groups excluding tert-OH is 1. The van der Waals surface area contributed by atoms with Gasteiger partial charge in [-0.05, 0) is 37.8 Å². The number of carbonyl (C=O) groups excluding carboxylic acids is 3. The highest BCUT2D eigenvalue weighted by Crippen LogP contribution is 2.60. The molecule has 8 nitrogen and oxygen atoms in total. The van der Waals surface area contributed by atoms with Gasteiger partial charge in [0.25, 0.3) is 5.91 Å². The Bertz CT molecular complexity index is 1060. The topological polar surface area (TPSA) is 96.4 Å². The zero-order chi connectivity index (χ0) is 26.2. The number of aryl methyl sites for hydroxylation is 2. The lowest BCUT2D eigenvalue weighted by Gasteiger charge is -2.37. The second kappa shape index (κ2) is 10.5. The van der Waals surface area contributed by atoms with Gasteiger partial charge in [-0.2, -0.15) is 0 Å². The molecule has 0 aliphatic carbocycles. The van der Waals surface area contributed by atoms with Crippen molar-refractivity contribution in [1.82, 2.24) is 4.90 Å². The number of nitrogens with zero attached hydrogens (tertiary/aromatic N) is 2. The van der Waals surface area contributed by atoms with Gasteiger partial charge in [-0.25, -0.2) is 0 Å². The normalized spacial score (nSPS) is 30.3. The van der Waals surface area contributed by atoms with Crippen LogP contribution in [0.5, 0.6) is 0 Å². The molecule has 3 heterocycles.